The number of aromatic nitrogens is 2. The zero-order valence-corrected chi connectivity index (χ0v) is 10.7. The van der Waals surface area contributed by atoms with E-state index in [0.29, 0.717) is 17.7 Å². The lowest BCUT2D eigenvalue weighted by molar-refractivity contribution is 0.379. The van der Waals surface area contributed by atoms with Gasteiger partial charge in [-0.15, -0.1) is 10.2 Å². The van der Waals surface area contributed by atoms with Crippen molar-refractivity contribution in [2.45, 2.75) is 44.9 Å². The summed E-state index contributed by atoms with van der Waals surface area (Å²) in [5.41, 5.74) is 0. The molecule has 3 nitrogen and oxygen atoms in total. The van der Waals surface area contributed by atoms with Crippen molar-refractivity contribution in [2.75, 3.05) is 0 Å². The SMILES string of the molecule is CCC(Br)c1nnc(C(C)C(C)C)o1. The normalized spacial score (nSPS) is 15.9. The van der Waals surface area contributed by atoms with E-state index in [1.807, 2.05) is 0 Å². The van der Waals surface area contributed by atoms with Gasteiger partial charge in [-0.3, -0.25) is 0 Å². The second kappa shape index (κ2) is 4.91. The molecule has 0 aliphatic heterocycles. The number of hydrogen-bond acceptors (Lipinski definition) is 3. The Hall–Kier alpha value is -0.380. The average Bonchev–Trinajstić information content (AvgIpc) is 2.64. The van der Waals surface area contributed by atoms with Crippen LogP contribution in [0.25, 0.3) is 0 Å². The largest absolute Gasteiger partial charge is 0.424 e. The molecule has 14 heavy (non-hydrogen) atoms. The maximum atomic E-state index is 5.59. The van der Waals surface area contributed by atoms with E-state index in [2.05, 4.69) is 53.8 Å². The van der Waals surface area contributed by atoms with Crippen molar-refractivity contribution in [3.8, 4) is 0 Å². The molecule has 2 unspecified atom stereocenters. The van der Waals surface area contributed by atoms with Crippen LogP contribution in [0.5, 0.6) is 0 Å². The van der Waals surface area contributed by atoms with Gasteiger partial charge in [0, 0.05) is 5.92 Å². The summed E-state index contributed by atoms with van der Waals surface area (Å²) >= 11 is 3.49. The molecule has 1 aromatic rings. The number of rotatable bonds is 4. The second-order valence-electron chi connectivity index (χ2n) is 3.89. The second-order valence-corrected chi connectivity index (χ2v) is 4.99. The Morgan fingerprint density at radius 3 is 2.29 bits per heavy atom. The van der Waals surface area contributed by atoms with Crippen LogP contribution in [0.2, 0.25) is 0 Å². The van der Waals surface area contributed by atoms with Gasteiger partial charge < -0.3 is 4.42 Å². The first-order chi connectivity index (χ1) is 6.56. The summed E-state index contributed by atoms with van der Waals surface area (Å²) in [6.45, 7) is 8.49. The Labute approximate surface area is 93.4 Å². The first-order valence-corrected chi connectivity index (χ1v) is 5.95. The van der Waals surface area contributed by atoms with Gasteiger partial charge >= 0.3 is 0 Å². The molecule has 1 rings (SSSR count). The van der Waals surface area contributed by atoms with Gasteiger partial charge in [-0.1, -0.05) is 43.6 Å². The predicted molar refractivity (Wildman–Crippen MR) is 59.5 cm³/mol. The molecule has 0 spiro atoms. The van der Waals surface area contributed by atoms with E-state index in [0.717, 1.165) is 12.3 Å². The Balaban J connectivity index is 2.77. The lowest BCUT2D eigenvalue weighted by Gasteiger charge is -2.09. The van der Waals surface area contributed by atoms with Crippen molar-refractivity contribution in [3.63, 3.8) is 0 Å². The molecule has 0 amide bonds. The van der Waals surface area contributed by atoms with Crippen LogP contribution in [-0.2, 0) is 0 Å². The summed E-state index contributed by atoms with van der Waals surface area (Å²) in [6.07, 6.45) is 0.956. The molecule has 0 fully saturated rings. The maximum absolute atomic E-state index is 5.59. The highest BCUT2D eigenvalue weighted by molar-refractivity contribution is 9.09. The van der Waals surface area contributed by atoms with Crippen LogP contribution in [0.15, 0.2) is 4.42 Å². The van der Waals surface area contributed by atoms with E-state index in [1.54, 1.807) is 0 Å². The van der Waals surface area contributed by atoms with Crippen LogP contribution in [0.1, 0.15) is 56.6 Å². The predicted octanol–water partition coefficient (Wildman–Crippen LogP) is 3.68. The molecule has 0 aromatic carbocycles. The highest BCUT2D eigenvalue weighted by Gasteiger charge is 2.19. The van der Waals surface area contributed by atoms with E-state index in [1.165, 1.54) is 0 Å². The van der Waals surface area contributed by atoms with Crippen LogP contribution in [0.4, 0.5) is 0 Å². The molecule has 1 aromatic heterocycles. The molecule has 0 N–H and O–H groups in total. The lowest BCUT2D eigenvalue weighted by Crippen LogP contribution is -2.01. The molecular weight excluding hydrogens is 244 g/mol. The van der Waals surface area contributed by atoms with Gasteiger partial charge in [0.05, 0.1) is 4.83 Å². The summed E-state index contributed by atoms with van der Waals surface area (Å²) in [4.78, 5) is 0.183. The minimum atomic E-state index is 0.183. The highest BCUT2D eigenvalue weighted by atomic mass is 79.9. The molecule has 80 valence electrons. The zero-order chi connectivity index (χ0) is 10.7. The molecule has 0 saturated heterocycles. The van der Waals surface area contributed by atoms with Crippen LogP contribution in [-0.4, -0.2) is 10.2 Å². The Kier molecular flexibility index (Phi) is 4.11. The number of hydrogen-bond donors (Lipinski definition) is 0. The summed E-state index contributed by atoms with van der Waals surface area (Å²) in [6, 6.07) is 0. The average molecular weight is 261 g/mol. The number of nitrogens with zero attached hydrogens (tertiary/aromatic N) is 2. The third-order valence-electron chi connectivity index (χ3n) is 2.47. The van der Waals surface area contributed by atoms with Gasteiger partial charge in [-0.25, -0.2) is 0 Å². The van der Waals surface area contributed by atoms with Gasteiger partial charge in [-0.05, 0) is 12.3 Å². The summed E-state index contributed by atoms with van der Waals surface area (Å²) in [5, 5.41) is 8.09. The smallest absolute Gasteiger partial charge is 0.230 e. The standard InChI is InChI=1S/C10H17BrN2O/c1-5-8(11)10-13-12-9(14-10)7(4)6(2)3/h6-8H,5H2,1-4H3. The van der Waals surface area contributed by atoms with E-state index < -0.39 is 0 Å². The van der Waals surface area contributed by atoms with E-state index in [4.69, 9.17) is 4.42 Å². The van der Waals surface area contributed by atoms with Crippen LogP contribution < -0.4 is 0 Å². The third kappa shape index (κ3) is 2.56. The minimum absolute atomic E-state index is 0.183. The molecule has 1 heterocycles. The maximum Gasteiger partial charge on any atom is 0.230 e. The first-order valence-electron chi connectivity index (χ1n) is 5.03. The van der Waals surface area contributed by atoms with Crippen LogP contribution in [0.3, 0.4) is 0 Å². The molecule has 0 radical (unpaired) electrons. The van der Waals surface area contributed by atoms with Crippen molar-refractivity contribution in [3.05, 3.63) is 11.8 Å². The molecule has 0 saturated carbocycles. The molecule has 0 aliphatic carbocycles. The fourth-order valence-electron chi connectivity index (χ4n) is 1.02. The number of halogens is 1. The van der Waals surface area contributed by atoms with Crippen LogP contribution in [0, 0.1) is 5.92 Å². The summed E-state index contributed by atoms with van der Waals surface area (Å²) in [7, 11) is 0. The van der Waals surface area contributed by atoms with E-state index in [-0.39, 0.29) is 4.83 Å². The molecular formula is C10H17BrN2O. The van der Waals surface area contributed by atoms with Crippen molar-refractivity contribution < 1.29 is 4.42 Å². The van der Waals surface area contributed by atoms with E-state index in [9.17, 15) is 0 Å². The monoisotopic (exact) mass is 260 g/mol. The Morgan fingerprint density at radius 2 is 1.79 bits per heavy atom. The van der Waals surface area contributed by atoms with Crippen LogP contribution >= 0.6 is 15.9 Å². The number of alkyl halides is 1. The van der Waals surface area contributed by atoms with Crippen molar-refractivity contribution >= 4 is 15.9 Å². The first kappa shape index (κ1) is 11.7. The highest BCUT2D eigenvalue weighted by Crippen LogP contribution is 2.28. The van der Waals surface area contributed by atoms with E-state index >= 15 is 0 Å². The molecule has 4 heteroatoms. The van der Waals surface area contributed by atoms with Crippen molar-refractivity contribution in [1.82, 2.24) is 10.2 Å². The van der Waals surface area contributed by atoms with Gasteiger partial charge in [0.2, 0.25) is 11.8 Å². The topological polar surface area (TPSA) is 38.9 Å². The van der Waals surface area contributed by atoms with Crippen molar-refractivity contribution in [1.29, 1.82) is 0 Å². The lowest BCUT2D eigenvalue weighted by atomic mass is 9.98. The molecule has 0 bridgehead atoms. The van der Waals surface area contributed by atoms with Gasteiger partial charge in [0.1, 0.15) is 0 Å². The fourth-order valence-corrected chi connectivity index (χ4v) is 1.20. The molecule has 2 atom stereocenters. The quantitative estimate of drug-likeness (QED) is 0.776. The molecule has 0 aliphatic rings. The zero-order valence-electron chi connectivity index (χ0n) is 9.12. The van der Waals surface area contributed by atoms with Gasteiger partial charge in [0.25, 0.3) is 0 Å². The summed E-state index contributed by atoms with van der Waals surface area (Å²) in [5.74, 6) is 2.29. The summed E-state index contributed by atoms with van der Waals surface area (Å²) < 4.78 is 5.59. The van der Waals surface area contributed by atoms with Gasteiger partial charge in [0.15, 0.2) is 0 Å². The fraction of sp³-hybridized carbons (Fsp3) is 0.800. The Bertz CT molecular complexity index is 285. The van der Waals surface area contributed by atoms with Gasteiger partial charge in [-0.2, -0.15) is 0 Å². The third-order valence-corrected chi connectivity index (χ3v) is 3.51. The Morgan fingerprint density at radius 1 is 1.21 bits per heavy atom. The minimum Gasteiger partial charge on any atom is -0.424 e. The van der Waals surface area contributed by atoms with Crippen molar-refractivity contribution in [2.24, 2.45) is 5.92 Å².